The molecule has 0 aliphatic carbocycles. The number of pyridine rings is 1. The molecule has 1 aliphatic heterocycles. The van der Waals surface area contributed by atoms with Gasteiger partial charge >= 0.3 is 6.09 Å². The van der Waals surface area contributed by atoms with Crippen LogP contribution in [-0.2, 0) is 4.74 Å². The highest BCUT2D eigenvalue weighted by Crippen LogP contribution is 2.31. The molecule has 128 valence electrons. The highest BCUT2D eigenvalue weighted by Gasteiger charge is 2.30. The van der Waals surface area contributed by atoms with Crippen LogP contribution in [0.15, 0.2) is 18.3 Å². The molecule has 2 rings (SSSR count). The summed E-state index contributed by atoms with van der Waals surface area (Å²) in [6, 6.07) is 4.21. The lowest BCUT2D eigenvalue weighted by Gasteiger charge is -2.33. The van der Waals surface area contributed by atoms with E-state index in [0.717, 1.165) is 18.5 Å². The number of hydrogen-bond acceptors (Lipinski definition) is 4. The van der Waals surface area contributed by atoms with E-state index in [9.17, 15) is 4.79 Å². The van der Waals surface area contributed by atoms with Crippen LogP contribution in [0.4, 0.5) is 10.6 Å². The summed E-state index contributed by atoms with van der Waals surface area (Å²) in [6.07, 6.45) is 4.86. The van der Waals surface area contributed by atoms with Crippen LogP contribution in [0.3, 0.4) is 0 Å². The quantitative estimate of drug-likeness (QED) is 0.913. The number of nitrogens with zero attached hydrogens (tertiary/aromatic N) is 2. The first-order chi connectivity index (χ1) is 10.8. The molecule has 0 aromatic carbocycles. The van der Waals surface area contributed by atoms with Crippen LogP contribution in [-0.4, -0.2) is 29.3 Å². The van der Waals surface area contributed by atoms with Crippen molar-refractivity contribution in [2.45, 2.75) is 71.6 Å². The first-order valence-electron chi connectivity index (χ1n) is 8.50. The van der Waals surface area contributed by atoms with Crippen LogP contribution in [0.2, 0.25) is 0 Å². The molecule has 0 spiro atoms. The van der Waals surface area contributed by atoms with E-state index < -0.39 is 5.60 Å². The van der Waals surface area contributed by atoms with E-state index in [-0.39, 0.29) is 18.2 Å². The van der Waals surface area contributed by atoms with Crippen molar-refractivity contribution in [2.75, 3.05) is 11.4 Å². The molecule has 23 heavy (non-hydrogen) atoms. The number of ether oxygens (including phenoxy) is 1. The zero-order valence-corrected chi connectivity index (χ0v) is 14.9. The van der Waals surface area contributed by atoms with Crippen molar-refractivity contribution in [3.05, 3.63) is 23.9 Å². The van der Waals surface area contributed by atoms with E-state index in [1.165, 1.54) is 12.8 Å². The topological polar surface area (TPSA) is 54.5 Å². The summed E-state index contributed by atoms with van der Waals surface area (Å²) in [7, 11) is 0. The summed E-state index contributed by atoms with van der Waals surface area (Å²) in [5.41, 5.74) is 0.550. The van der Waals surface area contributed by atoms with E-state index in [1.54, 1.807) is 11.1 Å². The number of anilines is 1. The molecular formula is C18H29N3O2. The van der Waals surface area contributed by atoms with Crippen LogP contribution in [0.1, 0.15) is 65.5 Å². The summed E-state index contributed by atoms with van der Waals surface area (Å²) in [6.45, 7) is 10.6. The maximum absolute atomic E-state index is 12.7. The molecule has 1 atom stereocenters. The Balaban J connectivity index is 2.34. The van der Waals surface area contributed by atoms with Crippen molar-refractivity contribution in [1.82, 2.24) is 10.3 Å². The summed E-state index contributed by atoms with van der Waals surface area (Å²) >= 11 is 0. The number of rotatable bonds is 3. The van der Waals surface area contributed by atoms with Crippen LogP contribution in [0, 0.1) is 0 Å². The van der Waals surface area contributed by atoms with Crippen molar-refractivity contribution < 1.29 is 9.53 Å². The molecule has 2 heterocycles. The molecule has 0 bridgehead atoms. The maximum Gasteiger partial charge on any atom is 0.416 e. The van der Waals surface area contributed by atoms with Crippen LogP contribution >= 0.6 is 0 Å². The van der Waals surface area contributed by atoms with E-state index in [4.69, 9.17) is 4.74 Å². The molecule has 1 aliphatic rings. The Labute approximate surface area is 139 Å². The van der Waals surface area contributed by atoms with Crippen molar-refractivity contribution in [3.8, 4) is 0 Å². The predicted molar refractivity (Wildman–Crippen MR) is 92.7 cm³/mol. The lowest BCUT2D eigenvalue weighted by atomic mass is 9.97. The third-order valence-electron chi connectivity index (χ3n) is 3.84. The first kappa shape index (κ1) is 17.7. The summed E-state index contributed by atoms with van der Waals surface area (Å²) in [5.74, 6) is 0.705. The van der Waals surface area contributed by atoms with Gasteiger partial charge in [0.05, 0.1) is 0 Å². The third kappa shape index (κ3) is 4.67. The van der Waals surface area contributed by atoms with Crippen molar-refractivity contribution in [2.24, 2.45) is 0 Å². The van der Waals surface area contributed by atoms with Gasteiger partial charge in [-0.25, -0.2) is 9.78 Å². The Morgan fingerprint density at radius 3 is 2.70 bits per heavy atom. The molecule has 1 aromatic heterocycles. The largest absolute Gasteiger partial charge is 0.443 e. The van der Waals surface area contributed by atoms with E-state index in [2.05, 4.69) is 16.4 Å². The SMILES string of the molecule is CC(C)N(C(=O)OC(C)(C)C)c1ncccc1C1CCCCN1. The molecular weight excluding hydrogens is 290 g/mol. The second-order valence-corrected chi connectivity index (χ2v) is 7.36. The van der Waals surface area contributed by atoms with Gasteiger partial charge in [-0.05, 0) is 60.1 Å². The average Bonchev–Trinajstić information content (AvgIpc) is 2.46. The molecule has 1 unspecified atom stereocenters. The average molecular weight is 319 g/mol. The van der Waals surface area contributed by atoms with Gasteiger partial charge in [0.1, 0.15) is 11.4 Å². The minimum atomic E-state index is -0.526. The number of carbonyl (C=O) groups is 1. The highest BCUT2D eigenvalue weighted by atomic mass is 16.6. The number of aromatic nitrogens is 1. The number of piperidine rings is 1. The molecule has 1 fully saturated rings. The molecule has 1 N–H and O–H groups in total. The smallest absolute Gasteiger partial charge is 0.416 e. The van der Waals surface area contributed by atoms with E-state index >= 15 is 0 Å². The molecule has 0 radical (unpaired) electrons. The van der Waals surface area contributed by atoms with Gasteiger partial charge < -0.3 is 10.1 Å². The fourth-order valence-corrected chi connectivity index (χ4v) is 2.85. The minimum Gasteiger partial charge on any atom is -0.443 e. The summed E-state index contributed by atoms with van der Waals surface area (Å²) in [4.78, 5) is 18.9. The summed E-state index contributed by atoms with van der Waals surface area (Å²) in [5, 5.41) is 3.54. The fraction of sp³-hybridized carbons (Fsp3) is 0.667. The number of nitrogens with one attached hydrogen (secondary N) is 1. The predicted octanol–water partition coefficient (Wildman–Crippen LogP) is 4.05. The Morgan fingerprint density at radius 1 is 1.39 bits per heavy atom. The zero-order valence-electron chi connectivity index (χ0n) is 14.9. The van der Waals surface area contributed by atoms with Crippen LogP contribution in [0.5, 0.6) is 0 Å². The maximum atomic E-state index is 12.7. The molecule has 0 saturated carbocycles. The van der Waals surface area contributed by atoms with E-state index in [1.807, 2.05) is 40.7 Å². The van der Waals surface area contributed by atoms with Crippen molar-refractivity contribution in [3.63, 3.8) is 0 Å². The summed E-state index contributed by atoms with van der Waals surface area (Å²) < 4.78 is 5.58. The highest BCUT2D eigenvalue weighted by molar-refractivity contribution is 5.88. The fourth-order valence-electron chi connectivity index (χ4n) is 2.85. The Kier molecular flexibility index (Phi) is 5.63. The third-order valence-corrected chi connectivity index (χ3v) is 3.84. The number of hydrogen-bond donors (Lipinski definition) is 1. The lowest BCUT2D eigenvalue weighted by Crippen LogP contribution is -2.42. The van der Waals surface area contributed by atoms with Gasteiger partial charge in [0.25, 0.3) is 0 Å². The second-order valence-electron chi connectivity index (χ2n) is 7.36. The molecule has 1 amide bonds. The van der Waals surface area contributed by atoms with Gasteiger partial charge in [-0.1, -0.05) is 12.5 Å². The van der Waals surface area contributed by atoms with Gasteiger partial charge in [-0.2, -0.15) is 0 Å². The minimum absolute atomic E-state index is 0.0258. The molecule has 5 nitrogen and oxygen atoms in total. The molecule has 1 saturated heterocycles. The standard InChI is InChI=1S/C18H29N3O2/c1-13(2)21(17(22)23-18(3,4)5)16-14(9-8-12-20-16)15-10-6-7-11-19-15/h8-9,12-13,15,19H,6-7,10-11H2,1-5H3. The van der Waals surface area contributed by atoms with Gasteiger partial charge in [-0.3, -0.25) is 4.90 Å². The molecule has 1 aromatic rings. The number of amides is 1. The Hall–Kier alpha value is -1.62. The van der Waals surface area contributed by atoms with Gasteiger partial charge in [0, 0.05) is 23.8 Å². The zero-order chi connectivity index (χ0) is 17.0. The second kappa shape index (κ2) is 7.30. The van der Waals surface area contributed by atoms with Gasteiger partial charge in [0.2, 0.25) is 0 Å². The van der Waals surface area contributed by atoms with Gasteiger partial charge in [0.15, 0.2) is 0 Å². The van der Waals surface area contributed by atoms with Crippen molar-refractivity contribution in [1.29, 1.82) is 0 Å². The lowest BCUT2D eigenvalue weighted by molar-refractivity contribution is 0.0568. The van der Waals surface area contributed by atoms with Crippen LogP contribution < -0.4 is 10.2 Å². The normalized spacial score (nSPS) is 18.8. The Bertz CT molecular complexity index is 531. The number of carbonyl (C=O) groups excluding carboxylic acids is 1. The Morgan fingerprint density at radius 2 is 2.13 bits per heavy atom. The van der Waals surface area contributed by atoms with Crippen LogP contribution in [0.25, 0.3) is 0 Å². The van der Waals surface area contributed by atoms with Crippen molar-refractivity contribution >= 4 is 11.9 Å². The van der Waals surface area contributed by atoms with E-state index in [0.29, 0.717) is 5.82 Å². The first-order valence-corrected chi connectivity index (χ1v) is 8.50. The molecule has 5 heteroatoms. The van der Waals surface area contributed by atoms with Gasteiger partial charge in [-0.15, -0.1) is 0 Å². The monoisotopic (exact) mass is 319 g/mol.